The van der Waals surface area contributed by atoms with E-state index in [9.17, 15) is 13.2 Å². The van der Waals surface area contributed by atoms with Crippen LogP contribution in [0.15, 0.2) is 23.8 Å². The fourth-order valence-corrected chi connectivity index (χ4v) is 1.97. The zero-order chi connectivity index (χ0) is 11.2. The van der Waals surface area contributed by atoms with E-state index in [0.29, 0.717) is 5.56 Å². The normalized spacial score (nSPS) is 20.1. The number of alkyl halides is 3. The summed E-state index contributed by atoms with van der Waals surface area (Å²) >= 11 is 0. The van der Waals surface area contributed by atoms with E-state index in [1.165, 1.54) is 6.07 Å². The van der Waals surface area contributed by atoms with Crippen LogP contribution in [-0.4, -0.2) is 0 Å². The summed E-state index contributed by atoms with van der Waals surface area (Å²) in [5.74, 6) is 0.0994. The van der Waals surface area contributed by atoms with Crippen LogP contribution in [0.3, 0.4) is 0 Å². The number of halogens is 3. The van der Waals surface area contributed by atoms with Crippen LogP contribution in [0.1, 0.15) is 36.5 Å². The fraction of sp³-hybridized carbons (Fsp3) is 0.333. The highest BCUT2D eigenvalue weighted by Crippen LogP contribution is 2.42. The molecule has 0 heterocycles. The van der Waals surface area contributed by atoms with Crippen LogP contribution in [0, 0.1) is 0 Å². The molecule has 0 nitrogen and oxygen atoms in total. The number of rotatable bonds is 0. The summed E-state index contributed by atoms with van der Waals surface area (Å²) in [6.07, 6.45) is -2.62. The number of fused-ring (bicyclic) bond motifs is 1. The van der Waals surface area contributed by atoms with Crippen molar-refractivity contribution < 1.29 is 13.2 Å². The van der Waals surface area contributed by atoms with Crippen molar-refractivity contribution in [1.82, 2.24) is 0 Å². The molecule has 0 spiro atoms. The molecule has 0 N–H and O–H groups in total. The Bertz CT molecular complexity index is 427. The average Bonchev–Trinajstić information content (AvgIpc) is 2.41. The van der Waals surface area contributed by atoms with E-state index < -0.39 is 11.7 Å². The van der Waals surface area contributed by atoms with Crippen LogP contribution in [0.4, 0.5) is 13.2 Å². The highest BCUT2D eigenvalue weighted by molar-refractivity contribution is 5.69. The minimum absolute atomic E-state index is 0.0994. The van der Waals surface area contributed by atoms with Crippen LogP contribution in [0.5, 0.6) is 0 Å². The summed E-state index contributed by atoms with van der Waals surface area (Å²) in [5.41, 5.74) is 1.59. The van der Waals surface area contributed by atoms with Crippen molar-refractivity contribution in [1.29, 1.82) is 0 Å². The Kier molecular flexibility index (Phi) is 2.14. The maximum Gasteiger partial charge on any atom is 0.416 e. The first-order valence-electron chi connectivity index (χ1n) is 4.79. The third-order valence-corrected chi connectivity index (χ3v) is 2.97. The van der Waals surface area contributed by atoms with Gasteiger partial charge in [0.25, 0.3) is 0 Å². The van der Waals surface area contributed by atoms with Gasteiger partial charge in [0.1, 0.15) is 0 Å². The molecule has 1 aliphatic carbocycles. The molecule has 0 saturated heterocycles. The van der Waals surface area contributed by atoms with Gasteiger partial charge in [-0.2, -0.15) is 13.2 Å². The Labute approximate surface area is 86.4 Å². The largest absolute Gasteiger partial charge is 0.416 e. The number of hydrogen-bond donors (Lipinski definition) is 0. The minimum Gasteiger partial charge on any atom is -0.166 e. The van der Waals surface area contributed by atoms with Gasteiger partial charge >= 0.3 is 6.18 Å². The van der Waals surface area contributed by atoms with Crippen molar-refractivity contribution in [2.45, 2.75) is 25.9 Å². The van der Waals surface area contributed by atoms with Crippen molar-refractivity contribution >= 4 is 6.08 Å². The molecule has 1 aromatic carbocycles. The SMILES string of the molecule is CC1=Cc2c(cccc2C(F)(F)F)C1C. The molecule has 0 aromatic heterocycles. The standard InChI is InChI=1S/C12H11F3/c1-7-6-10-9(8(7)2)4-3-5-11(10)12(13,14)15/h3-6,8H,1-2H3. The molecule has 0 amide bonds. The van der Waals surface area contributed by atoms with Crippen molar-refractivity contribution in [3.8, 4) is 0 Å². The Morgan fingerprint density at radius 3 is 2.47 bits per heavy atom. The topological polar surface area (TPSA) is 0 Å². The molecule has 0 aliphatic heterocycles. The quantitative estimate of drug-likeness (QED) is 0.603. The predicted octanol–water partition coefficient (Wildman–Crippen LogP) is 4.23. The maximum atomic E-state index is 12.7. The number of hydrogen-bond acceptors (Lipinski definition) is 0. The molecule has 15 heavy (non-hydrogen) atoms. The summed E-state index contributed by atoms with van der Waals surface area (Å²) in [4.78, 5) is 0. The molecule has 0 radical (unpaired) electrons. The van der Waals surface area contributed by atoms with E-state index >= 15 is 0 Å². The van der Waals surface area contributed by atoms with Gasteiger partial charge in [0.05, 0.1) is 5.56 Å². The molecule has 1 atom stereocenters. The molecule has 0 saturated carbocycles. The molecular weight excluding hydrogens is 201 g/mol. The zero-order valence-corrected chi connectivity index (χ0v) is 8.52. The van der Waals surface area contributed by atoms with Gasteiger partial charge in [-0.15, -0.1) is 0 Å². The van der Waals surface area contributed by atoms with Crippen molar-refractivity contribution in [2.75, 3.05) is 0 Å². The second-order valence-corrected chi connectivity index (χ2v) is 3.92. The molecule has 3 heteroatoms. The first kappa shape index (κ1) is 10.3. The molecule has 2 rings (SSSR count). The van der Waals surface area contributed by atoms with Crippen LogP contribution >= 0.6 is 0 Å². The zero-order valence-electron chi connectivity index (χ0n) is 8.52. The summed E-state index contributed by atoms with van der Waals surface area (Å²) in [5, 5.41) is 0. The molecule has 1 aromatic rings. The van der Waals surface area contributed by atoms with E-state index in [1.54, 1.807) is 12.1 Å². The lowest BCUT2D eigenvalue weighted by molar-refractivity contribution is -0.137. The first-order valence-corrected chi connectivity index (χ1v) is 4.79. The molecule has 0 fully saturated rings. The van der Waals surface area contributed by atoms with Crippen LogP contribution in [0.25, 0.3) is 6.08 Å². The number of allylic oxidation sites excluding steroid dienone is 1. The van der Waals surface area contributed by atoms with Gasteiger partial charge in [-0.05, 0) is 24.1 Å². The third-order valence-electron chi connectivity index (χ3n) is 2.97. The van der Waals surface area contributed by atoms with Crippen LogP contribution in [0.2, 0.25) is 0 Å². The lowest BCUT2D eigenvalue weighted by Crippen LogP contribution is -2.08. The Morgan fingerprint density at radius 2 is 1.87 bits per heavy atom. The second kappa shape index (κ2) is 3.12. The number of benzene rings is 1. The van der Waals surface area contributed by atoms with Gasteiger partial charge in [-0.3, -0.25) is 0 Å². The van der Waals surface area contributed by atoms with Gasteiger partial charge in [0.15, 0.2) is 0 Å². The van der Waals surface area contributed by atoms with Crippen molar-refractivity contribution in [3.05, 3.63) is 40.5 Å². The van der Waals surface area contributed by atoms with Crippen molar-refractivity contribution in [3.63, 3.8) is 0 Å². The van der Waals surface area contributed by atoms with Gasteiger partial charge in [0.2, 0.25) is 0 Å². The van der Waals surface area contributed by atoms with Crippen LogP contribution < -0.4 is 0 Å². The average molecular weight is 212 g/mol. The summed E-state index contributed by atoms with van der Waals surface area (Å²) in [6, 6.07) is 4.38. The van der Waals surface area contributed by atoms with E-state index in [4.69, 9.17) is 0 Å². The van der Waals surface area contributed by atoms with E-state index in [-0.39, 0.29) is 5.92 Å². The lowest BCUT2D eigenvalue weighted by Gasteiger charge is -2.12. The van der Waals surface area contributed by atoms with Crippen molar-refractivity contribution in [2.24, 2.45) is 0 Å². The highest BCUT2D eigenvalue weighted by Gasteiger charge is 2.35. The Morgan fingerprint density at radius 1 is 1.20 bits per heavy atom. The Hall–Kier alpha value is -1.25. The smallest absolute Gasteiger partial charge is 0.166 e. The van der Waals surface area contributed by atoms with E-state index in [2.05, 4.69) is 0 Å². The summed E-state index contributed by atoms with van der Waals surface area (Å²) in [7, 11) is 0. The molecule has 1 unspecified atom stereocenters. The van der Waals surface area contributed by atoms with E-state index in [0.717, 1.165) is 17.2 Å². The highest BCUT2D eigenvalue weighted by atomic mass is 19.4. The summed E-state index contributed by atoms with van der Waals surface area (Å²) in [6.45, 7) is 3.79. The van der Waals surface area contributed by atoms with Gasteiger partial charge < -0.3 is 0 Å². The molecule has 1 aliphatic rings. The molecule has 0 bridgehead atoms. The van der Waals surface area contributed by atoms with Gasteiger partial charge in [-0.1, -0.05) is 30.7 Å². The Balaban J connectivity index is 2.63. The monoisotopic (exact) mass is 212 g/mol. The first-order chi connectivity index (χ1) is 6.91. The maximum absolute atomic E-state index is 12.7. The van der Waals surface area contributed by atoms with E-state index in [1.807, 2.05) is 13.8 Å². The third kappa shape index (κ3) is 1.56. The second-order valence-electron chi connectivity index (χ2n) is 3.92. The minimum atomic E-state index is -4.26. The molecular formula is C12H11F3. The predicted molar refractivity (Wildman–Crippen MR) is 53.5 cm³/mol. The van der Waals surface area contributed by atoms with Gasteiger partial charge in [-0.25, -0.2) is 0 Å². The van der Waals surface area contributed by atoms with Crippen LogP contribution in [-0.2, 0) is 6.18 Å². The molecule has 80 valence electrons. The lowest BCUT2D eigenvalue weighted by atomic mass is 9.96. The van der Waals surface area contributed by atoms with Gasteiger partial charge in [0, 0.05) is 5.92 Å². The fourth-order valence-electron chi connectivity index (χ4n) is 1.97. The summed E-state index contributed by atoms with van der Waals surface area (Å²) < 4.78 is 38.0.